The fourth-order valence-corrected chi connectivity index (χ4v) is 3.06. The zero-order valence-electron chi connectivity index (χ0n) is 12.0. The number of aryl methyl sites for hydroxylation is 1. The van der Waals surface area contributed by atoms with Gasteiger partial charge in [0.05, 0.1) is 12.6 Å². The van der Waals surface area contributed by atoms with Crippen molar-refractivity contribution in [3.05, 3.63) is 35.4 Å². The van der Waals surface area contributed by atoms with E-state index in [1.165, 1.54) is 12.0 Å². The normalized spacial score (nSPS) is 27.1. The molecule has 0 aromatic heterocycles. The van der Waals surface area contributed by atoms with Crippen molar-refractivity contribution in [2.24, 2.45) is 0 Å². The van der Waals surface area contributed by atoms with Crippen molar-refractivity contribution < 1.29 is 9.53 Å². The Labute approximate surface area is 120 Å². The standard InChI is InChI=1S/C16H22N2O2/c1-12-5-4-6-13(9-12)16-17-10-15(19)18(16)11-14-7-2-3-8-20-14/h4-6,9,14,16-17H,2-3,7-8,10-11H2,1H3. The number of carbonyl (C=O) groups is 1. The van der Waals surface area contributed by atoms with Crippen LogP contribution >= 0.6 is 0 Å². The predicted octanol–water partition coefficient (Wildman–Crippen LogP) is 1.99. The second kappa shape index (κ2) is 5.94. The number of amides is 1. The van der Waals surface area contributed by atoms with Crippen LogP contribution in [-0.4, -0.2) is 36.6 Å². The van der Waals surface area contributed by atoms with Crippen molar-refractivity contribution in [3.8, 4) is 0 Å². The summed E-state index contributed by atoms with van der Waals surface area (Å²) in [4.78, 5) is 14.1. The van der Waals surface area contributed by atoms with E-state index in [0.717, 1.165) is 25.0 Å². The lowest BCUT2D eigenvalue weighted by atomic mass is 10.1. The van der Waals surface area contributed by atoms with Crippen LogP contribution < -0.4 is 5.32 Å². The Kier molecular flexibility index (Phi) is 4.03. The van der Waals surface area contributed by atoms with Gasteiger partial charge >= 0.3 is 0 Å². The van der Waals surface area contributed by atoms with E-state index in [2.05, 4.69) is 30.4 Å². The fourth-order valence-electron chi connectivity index (χ4n) is 3.06. The summed E-state index contributed by atoms with van der Waals surface area (Å²) in [6.45, 7) is 4.03. The molecule has 2 atom stereocenters. The molecule has 1 N–H and O–H groups in total. The maximum absolute atomic E-state index is 12.1. The van der Waals surface area contributed by atoms with Gasteiger partial charge in [-0.1, -0.05) is 29.8 Å². The van der Waals surface area contributed by atoms with Gasteiger partial charge in [-0.25, -0.2) is 0 Å². The maximum Gasteiger partial charge on any atom is 0.238 e. The predicted molar refractivity (Wildman–Crippen MR) is 77.2 cm³/mol. The summed E-state index contributed by atoms with van der Waals surface area (Å²) in [5.41, 5.74) is 2.38. The van der Waals surface area contributed by atoms with Crippen LogP contribution in [0.5, 0.6) is 0 Å². The minimum Gasteiger partial charge on any atom is -0.376 e. The van der Waals surface area contributed by atoms with E-state index in [1.54, 1.807) is 0 Å². The molecule has 2 unspecified atom stereocenters. The molecule has 3 rings (SSSR count). The summed E-state index contributed by atoms with van der Waals surface area (Å²) >= 11 is 0. The lowest BCUT2D eigenvalue weighted by Gasteiger charge is -2.31. The van der Waals surface area contributed by atoms with Gasteiger partial charge in [0.15, 0.2) is 0 Å². The highest BCUT2D eigenvalue weighted by molar-refractivity contribution is 5.81. The number of nitrogens with one attached hydrogen (secondary N) is 1. The van der Waals surface area contributed by atoms with E-state index in [1.807, 2.05) is 11.0 Å². The molecule has 2 aliphatic rings. The zero-order valence-corrected chi connectivity index (χ0v) is 12.0. The molecule has 2 heterocycles. The molecular formula is C16H22N2O2. The first-order valence-corrected chi connectivity index (χ1v) is 7.45. The summed E-state index contributed by atoms with van der Waals surface area (Å²) in [6, 6.07) is 8.35. The highest BCUT2D eigenvalue weighted by Gasteiger charge is 2.33. The molecule has 1 amide bonds. The average Bonchev–Trinajstić information content (AvgIpc) is 2.82. The number of ether oxygens (including phenoxy) is 1. The first kappa shape index (κ1) is 13.6. The van der Waals surface area contributed by atoms with Crippen molar-refractivity contribution in [2.75, 3.05) is 19.7 Å². The Morgan fingerprint density at radius 3 is 3.05 bits per heavy atom. The largest absolute Gasteiger partial charge is 0.376 e. The molecule has 0 saturated carbocycles. The number of hydrogen-bond donors (Lipinski definition) is 1. The molecule has 2 aliphatic heterocycles. The summed E-state index contributed by atoms with van der Waals surface area (Å²) in [5, 5.41) is 3.31. The fraction of sp³-hybridized carbons (Fsp3) is 0.562. The van der Waals surface area contributed by atoms with Gasteiger partial charge in [0.1, 0.15) is 6.17 Å². The SMILES string of the molecule is Cc1cccc(C2NCC(=O)N2CC2CCCCO2)c1. The lowest BCUT2D eigenvalue weighted by Crippen LogP contribution is -2.39. The third-order valence-corrected chi connectivity index (χ3v) is 4.11. The highest BCUT2D eigenvalue weighted by Crippen LogP contribution is 2.25. The van der Waals surface area contributed by atoms with Crippen molar-refractivity contribution in [1.29, 1.82) is 0 Å². The number of rotatable bonds is 3. The minimum atomic E-state index is -0.00655. The second-order valence-electron chi connectivity index (χ2n) is 5.73. The van der Waals surface area contributed by atoms with E-state index >= 15 is 0 Å². The molecule has 2 fully saturated rings. The zero-order chi connectivity index (χ0) is 13.9. The molecule has 2 saturated heterocycles. The van der Waals surface area contributed by atoms with Crippen LogP contribution in [-0.2, 0) is 9.53 Å². The Morgan fingerprint density at radius 2 is 2.30 bits per heavy atom. The highest BCUT2D eigenvalue weighted by atomic mass is 16.5. The summed E-state index contributed by atoms with van der Waals surface area (Å²) < 4.78 is 5.77. The molecule has 1 aromatic rings. The summed E-state index contributed by atoms with van der Waals surface area (Å²) in [7, 11) is 0. The quantitative estimate of drug-likeness (QED) is 0.916. The van der Waals surface area contributed by atoms with E-state index in [4.69, 9.17) is 4.74 Å². The Morgan fingerprint density at radius 1 is 1.40 bits per heavy atom. The van der Waals surface area contributed by atoms with Crippen LogP contribution in [0.4, 0.5) is 0 Å². The smallest absolute Gasteiger partial charge is 0.238 e. The van der Waals surface area contributed by atoms with Gasteiger partial charge in [-0.15, -0.1) is 0 Å². The Hall–Kier alpha value is -1.39. The third-order valence-electron chi connectivity index (χ3n) is 4.11. The first-order chi connectivity index (χ1) is 9.74. The molecule has 20 heavy (non-hydrogen) atoms. The number of benzene rings is 1. The van der Waals surface area contributed by atoms with E-state index in [0.29, 0.717) is 13.1 Å². The van der Waals surface area contributed by atoms with E-state index in [-0.39, 0.29) is 18.2 Å². The third kappa shape index (κ3) is 2.86. The molecule has 0 radical (unpaired) electrons. The van der Waals surface area contributed by atoms with Crippen molar-refractivity contribution in [3.63, 3.8) is 0 Å². The Balaban J connectivity index is 1.74. The molecular weight excluding hydrogens is 252 g/mol. The molecule has 4 nitrogen and oxygen atoms in total. The van der Waals surface area contributed by atoms with Crippen LogP contribution in [0, 0.1) is 6.92 Å². The second-order valence-corrected chi connectivity index (χ2v) is 5.73. The van der Waals surface area contributed by atoms with Crippen LogP contribution in [0.15, 0.2) is 24.3 Å². The molecule has 0 aliphatic carbocycles. The van der Waals surface area contributed by atoms with E-state index < -0.39 is 0 Å². The monoisotopic (exact) mass is 274 g/mol. The van der Waals surface area contributed by atoms with E-state index in [9.17, 15) is 4.79 Å². The van der Waals surface area contributed by atoms with Gasteiger partial charge in [0, 0.05) is 13.2 Å². The topological polar surface area (TPSA) is 41.6 Å². The van der Waals surface area contributed by atoms with Crippen LogP contribution in [0.2, 0.25) is 0 Å². The van der Waals surface area contributed by atoms with Gasteiger partial charge < -0.3 is 9.64 Å². The number of nitrogens with zero attached hydrogens (tertiary/aromatic N) is 1. The van der Waals surface area contributed by atoms with Crippen molar-refractivity contribution >= 4 is 5.91 Å². The van der Waals surface area contributed by atoms with Gasteiger partial charge in [-0.3, -0.25) is 10.1 Å². The molecule has 4 heteroatoms. The molecule has 0 bridgehead atoms. The van der Waals surface area contributed by atoms with Gasteiger partial charge in [-0.2, -0.15) is 0 Å². The molecule has 1 aromatic carbocycles. The first-order valence-electron chi connectivity index (χ1n) is 7.45. The minimum absolute atomic E-state index is 0.00655. The summed E-state index contributed by atoms with van der Waals surface area (Å²) in [5.74, 6) is 0.172. The number of hydrogen-bond acceptors (Lipinski definition) is 3. The maximum atomic E-state index is 12.1. The molecule has 0 spiro atoms. The van der Waals surface area contributed by atoms with Gasteiger partial charge in [0.2, 0.25) is 5.91 Å². The molecule has 108 valence electrons. The average molecular weight is 274 g/mol. The van der Waals surface area contributed by atoms with Gasteiger partial charge in [0.25, 0.3) is 0 Å². The van der Waals surface area contributed by atoms with Crippen molar-refractivity contribution in [1.82, 2.24) is 10.2 Å². The Bertz CT molecular complexity index is 483. The van der Waals surface area contributed by atoms with Crippen LogP contribution in [0.25, 0.3) is 0 Å². The van der Waals surface area contributed by atoms with Crippen LogP contribution in [0.1, 0.15) is 36.6 Å². The van der Waals surface area contributed by atoms with Crippen molar-refractivity contribution in [2.45, 2.75) is 38.5 Å². The van der Waals surface area contributed by atoms with Crippen LogP contribution in [0.3, 0.4) is 0 Å². The van der Waals surface area contributed by atoms with Gasteiger partial charge in [-0.05, 0) is 31.7 Å². The summed E-state index contributed by atoms with van der Waals surface area (Å²) in [6.07, 6.45) is 3.59. The lowest BCUT2D eigenvalue weighted by molar-refractivity contribution is -0.130. The number of carbonyl (C=O) groups excluding carboxylic acids is 1.